The van der Waals surface area contributed by atoms with Crippen molar-refractivity contribution < 1.29 is 0 Å². The van der Waals surface area contributed by atoms with E-state index < -0.39 is 0 Å². The molecule has 0 unspecified atom stereocenters. The van der Waals surface area contributed by atoms with Crippen LogP contribution in [0.5, 0.6) is 0 Å². The second-order valence-electron chi connectivity index (χ2n) is 4.36. The van der Waals surface area contributed by atoms with Crippen LogP contribution in [0.3, 0.4) is 0 Å². The van der Waals surface area contributed by atoms with Gasteiger partial charge in [-0.15, -0.1) is 0 Å². The third-order valence-corrected chi connectivity index (χ3v) is 3.07. The fourth-order valence-electron chi connectivity index (χ4n) is 1.98. The van der Waals surface area contributed by atoms with E-state index in [1.54, 1.807) is 6.20 Å². The molecule has 0 aliphatic rings. The van der Waals surface area contributed by atoms with Gasteiger partial charge in [0, 0.05) is 23.9 Å². The van der Waals surface area contributed by atoms with Gasteiger partial charge in [0.15, 0.2) is 0 Å². The monoisotopic (exact) mass is 253 g/mol. The number of pyridine rings is 1. The molecule has 0 atom stereocenters. The van der Waals surface area contributed by atoms with Crippen molar-refractivity contribution in [3.63, 3.8) is 0 Å². The van der Waals surface area contributed by atoms with Crippen LogP contribution < -0.4 is 5.32 Å². The van der Waals surface area contributed by atoms with Crippen LogP contribution >= 0.6 is 0 Å². The molecule has 0 aliphatic carbocycles. The van der Waals surface area contributed by atoms with E-state index in [0.717, 1.165) is 29.9 Å². The Labute approximate surface area is 114 Å². The summed E-state index contributed by atoms with van der Waals surface area (Å²) in [6, 6.07) is 12.0. The number of nitrogens with zero attached hydrogens (tertiary/aromatic N) is 1. The van der Waals surface area contributed by atoms with E-state index in [1.807, 2.05) is 31.2 Å². The number of anilines is 1. The van der Waals surface area contributed by atoms with Crippen LogP contribution in [0.25, 0.3) is 0 Å². The number of hydrogen-bond acceptors (Lipinski definition) is 3. The fraction of sp³-hybridized carbons (Fsp3) is 0.250. The number of benzene rings is 1. The Morgan fingerprint density at radius 1 is 1.16 bits per heavy atom. The minimum Gasteiger partial charge on any atom is -0.370 e. The average molecular weight is 253 g/mol. The molecule has 0 amide bonds. The lowest BCUT2D eigenvalue weighted by molar-refractivity contribution is 1.14. The van der Waals surface area contributed by atoms with Crippen molar-refractivity contribution in [3.8, 4) is 0 Å². The highest BCUT2D eigenvalue weighted by molar-refractivity contribution is 6.13. The summed E-state index contributed by atoms with van der Waals surface area (Å²) in [6.45, 7) is 4.95. The lowest BCUT2D eigenvalue weighted by Crippen LogP contribution is -2.09. The van der Waals surface area contributed by atoms with Crippen LogP contribution in [0.1, 0.15) is 30.5 Å². The van der Waals surface area contributed by atoms with Gasteiger partial charge in [-0.3, -0.25) is 5.41 Å². The van der Waals surface area contributed by atoms with Gasteiger partial charge < -0.3 is 5.32 Å². The molecule has 0 bridgehead atoms. The predicted molar refractivity (Wildman–Crippen MR) is 80.2 cm³/mol. The van der Waals surface area contributed by atoms with Crippen LogP contribution in [0.4, 0.5) is 5.82 Å². The molecule has 2 rings (SSSR count). The molecular formula is C16H19N3. The maximum atomic E-state index is 8.34. The van der Waals surface area contributed by atoms with E-state index in [2.05, 4.69) is 29.4 Å². The Hall–Kier alpha value is -2.16. The number of rotatable bonds is 5. The summed E-state index contributed by atoms with van der Waals surface area (Å²) in [6.07, 6.45) is 2.76. The topological polar surface area (TPSA) is 48.8 Å². The Morgan fingerprint density at radius 2 is 1.89 bits per heavy atom. The standard InChI is InChI=1S/C16H19N3/c1-3-12-7-9-13(10-8-12)15(17)14-6-5-11-19-16(14)18-4-2/h5-11,17H,3-4H2,1-2H3,(H,18,19). The van der Waals surface area contributed by atoms with Crippen molar-refractivity contribution in [1.29, 1.82) is 5.41 Å². The molecule has 2 N–H and O–H groups in total. The maximum Gasteiger partial charge on any atom is 0.135 e. The van der Waals surface area contributed by atoms with E-state index >= 15 is 0 Å². The zero-order valence-electron chi connectivity index (χ0n) is 11.4. The van der Waals surface area contributed by atoms with Crippen molar-refractivity contribution in [2.24, 2.45) is 0 Å². The summed E-state index contributed by atoms with van der Waals surface area (Å²) >= 11 is 0. The second kappa shape index (κ2) is 6.14. The predicted octanol–water partition coefficient (Wildman–Crippen LogP) is 3.49. The van der Waals surface area contributed by atoms with E-state index in [-0.39, 0.29) is 0 Å². The van der Waals surface area contributed by atoms with Gasteiger partial charge in [-0.05, 0) is 31.0 Å². The van der Waals surface area contributed by atoms with Crippen LogP contribution in [0.2, 0.25) is 0 Å². The van der Waals surface area contributed by atoms with E-state index in [9.17, 15) is 0 Å². The smallest absolute Gasteiger partial charge is 0.135 e. The highest BCUT2D eigenvalue weighted by Crippen LogP contribution is 2.17. The molecule has 1 aromatic carbocycles. The lowest BCUT2D eigenvalue weighted by atomic mass is 10.0. The summed E-state index contributed by atoms with van der Waals surface area (Å²) < 4.78 is 0. The van der Waals surface area contributed by atoms with Gasteiger partial charge >= 0.3 is 0 Å². The maximum absolute atomic E-state index is 8.34. The first kappa shape index (κ1) is 13.3. The lowest BCUT2D eigenvalue weighted by Gasteiger charge is -2.11. The van der Waals surface area contributed by atoms with Gasteiger partial charge in [0.2, 0.25) is 0 Å². The van der Waals surface area contributed by atoms with Crippen molar-refractivity contribution in [2.45, 2.75) is 20.3 Å². The number of aryl methyl sites for hydroxylation is 1. The van der Waals surface area contributed by atoms with Crippen LogP contribution in [-0.2, 0) is 6.42 Å². The fourth-order valence-corrected chi connectivity index (χ4v) is 1.98. The Morgan fingerprint density at radius 3 is 2.53 bits per heavy atom. The molecule has 0 aliphatic heterocycles. The summed E-state index contributed by atoms with van der Waals surface area (Å²) in [5.74, 6) is 0.773. The normalized spacial score (nSPS) is 10.2. The molecule has 2 aromatic rings. The third-order valence-electron chi connectivity index (χ3n) is 3.07. The largest absolute Gasteiger partial charge is 0.370 e. The van der Waals surface area contributed by atoms with E-state index in [0.29, 0.717) is 5.71 Å². The van der Waals surface area contributed by atoms with Gasteiger partial charge in [0.05, 0.1) is 5.71 Å². The molecule has 19 heavy (non-hydrogen) atoms. The molecular weight excluding hydrogens is 234 g/mol. The van der Waals surface area contributed by atoms with Gasteiger partial charge in [0.25, 0.3) is 0 Å². The minimum atomic E-state index is 0.506. The molecule has 1 heterocycles. The molecule has 98 valence electrons. The first-order valence-corrected chi connectivity index (χ1v) is 6.63. The van der Waals surface area contributed by atoms with Crippen LogP contribution in [-0.4, -0.2) is 17.2 Å². The van der Waals surface area contributed by atoms with E-state index in [1.165, 1.54) is 5.56 Å². The molecule has 0 spiro atoms. The zero-order valence-corrected chi connectivity index (χ0v) is 11.4. The Bertz CT molecular complexity index is 558. The summed E-state index contributed by atoms with van der Waals surface area (Å²) in [7, 11) is 0. The summed E-state index contributed by atoms with van der Waals surface area (Å²) in [5.41, 5.74) is 3.55. The van der Waals surface area contributed by atoms with Crippen molar-refractivity contribution >= 4 is 11.5 Å². The molecule has 0 radical (unpaired) electrons. The van der Waals surface area contributed by atoms with Gasteiger partial charge in [0.1, 0.15) is 5.82 Å². The molecule has 3 nitrogen and oxygen atoms in total. The van der Waals surface area contributed by atoms with Gasteiger partial charge in [-0.2, -0.15) is 0 Å². The average Bonchev–Trinajstić information content (AvgIpc) is 2.47. The second-order valence-corrected chi connectivity index (χ2v) is 4.36. The Balaban J connectivity index is 2.32. The molecule has 0 fully saturated rings. The van der Waals surface area contributed by atoms with Crippen LogP contribution in [0.15, 0.2) is 42.6 Å². The van der Waals surface area contributed by atoms with Gasteiger partial charge in [-0.1, -0.05) is 31.2 Å². The highest BCUT2D eigenvalue weighted by Gasteiger charge is 2.10. The first-order valence-electron chi connectivity index (χ1n) is 6.63. The number of hydrogen-bond donors (Lipinski definition) is 2. The third kappa shape index (κ3) is 2.99. The highest BCUT2D eigenvalue weighted by atomic mass is 15.0. The van der Waals surface area contributed by atoms with Gasteiger partial charge in [-0.25, -0.2) is 4.98 Å². The molecule has 0 saturated carbocycles. The first-order chi connectivity index (χ1) is 9.26. The molecule has 1 aromatic heterocycles. The minimum absolute atomic E-state index is 0.506. The van der Waals surface area contributed by atoms with Crippen molar-refractivity contribution in [2.75, 3.05) is 11.9 Å². The van der Waals surface area contributed by atoms with Crippen molar-refractivity contribution in [1.82, 2.24) is 4.98 Å². The zero-order chi connectivity index (χ0) is 13.7. The summed E-state index contributed by atoms with van der Waals surface area (Å²) in [5, 5.41) is 11.5. The molecule has 3 heteroatoms. The van der Waals surface area contributed by atoms with Crippen LogP contribution in [0, 0.1) is 5.41 Å². The summed E-state index contributed by atoms with van der Waals surface area (Å²) in [4.78, 5) is 4.30. The quantitative estimate of drug-likeness (QED) is 0.801. The number of aromatic nitrogens is 1. The molecule has 0 saturated heterocycles. The van der Waals surface area contributed by atoms with Crippen molar-refractivity contribution in [3.05, 3.63) is 59.3 Å². The SMILES string of the molecule is CCNc1ncccc1C(=N)c1ccc(CC)cc1. The van der Waals surface area contributed by atoms with E-state index in [4.69, 9.17) is 5.41 Å². The number of nitrogens with one attached hydrogen (secondary N) is 2. The Kier molecular flexibility index (Phi) is 4.29.